The lowest BCUT2D eigenvalue weighted by Gasteiger charge is -2.21. The molecular formula is C11H13NO3. The summed E-state index contributed by atoms with van der Waals surface area (Å²) in [5.74, 6) is -0.882. The van der Waals surface area contributed by atoms with E-state index in [-0.39, 0.29) is 12.8 Å². The first kappa shape index (κ1) is 9.98. The van der Waals surface area contributed by atoms with Gasteiger partial charge in [0.1, 0.15) is 5.60 Å². The van der Waals surface area contributed by atoms with Gasteiger partial charge in [0.05, 0.1) is 0 Å². The van der Waals surface area contributed by atoms with Crippen LogP contribution in [0.1, 0.15) is 18.4 Å². The summed E-state index contributed by atoms with van der Waals surface area (Å²) in [7, 11) is 0. The average Bonchev–Trinajstić information content (AvgIpc) is 2.56. The Morgan fingerprint density at radius 2 is 2.20 bits per heavy atom. The molecule has 1 atom stereocenters. The number of hydrogen-bond donors (Lipinski definition) is 3. The van der Waals surface area contributed by atoms with Crippen LogP contribution in [0.4, 0.5) is 5.69 Å². The fourth-order valence-corrected chi connectivity index (χ4v) is 1.92. The van der Waals surface area contributed by atoms with Gasteiger partial charge >= 0.3 is 5.97 Å². The number of carboxylic acids is 1. The van der Waals surface area contributed by atoms with Crippen molar-refractivity contribution in [3.05, 3.63) is 29.8 Å². The number of aliphatic hydroxyl groups is 1. The number of fused-ring (bicyclic) bond motifs is 1. The molecular weight excluding hydrogens is 194 g/mol. The van der Waals surface area contributed by atoms with Gasteiger partial charge in [0.15, 0.2) is 0 Å². The number of aliphatic carboxylic acids is 1. The molecule has 1 aromatic rings. The van der Waals surface area contributed by atoms with Crippen LogP contribution in [0.15, 0.2) is 24.3 Å². The van der Waals surface area contributed by atoms with Crippen LogP contribution in [0.5, 0.6) is 0 Å². The van der Waals surface area contributed by atoms with Crippen molar-refractivity contribution in [2.75, 3.05) is 11.9 Å². The van der Waals surface area contributed by atoms with Crippen LogP contribution >= 0.6 is 0 Å². The highest BCUT2D eigenvalue weighted by Gasteiger charge is 2.36. The van der Waals surface area contributed by atoms with Crippen molar-refractivity contribution < 1.29 is 15.0 Å². The van der Waals surface area contributed by atoms with Gasteiger partial charge in [-0.05, 0) is 12.5 Å². The largest absolute Gasteiger partial charge is 0.481 e. The topological polar surface area (TPSA) is 69.6 Å². The molecule has 2 rings (SSSR count). The van der Waals surface area contributed by atoms with Crippen molar-refractivity contribution in [2.24, 2.45) is 0 Å². The van der Waals surface area contributed by atoms with E-state index in [2.05, 4.69) is 5.32 Å². The maximum atomic E-state index is 10.5. The van der Waals surface area contributed by atoms with Gasteiger partial charge in [0.2, 0.25) is 0 Å². The Kier molecular flexibility index (Phi) is 2.36. The van der Waals surface area contributed by atoms with Crippen LogP contribution in [0.2, 0.25) is 0 Å². The normalized spacial score (nSPS) is 23.3. The first-order chi connectivity index (χ1) is 7.12. The Balaban J connectivity index is 2.21. The third-order valence-electron chi connectivity index (χ3n) is 2.75. The summed E-state index contributed by atoms with van der Waals surface area (Å²) in [6.45, 7) is 0.389. The molecule has 0 fully saturated rings. The summed E-state index contributed by atoms with van der Waals surface area (Å²) in [6.07, 6.45) is 0.221. The maximum absolute atomic E-state index is 10.5. The molecule has 1 aliphatic rings. The van der Waals surface area contributed by atoms with Crippen LogP contribution in [-0.2, 0) is 10.4 Å². The number of hydrogen-bond acceptors (Lipinski definition) is 3. The lowest BCUT2D eigenvalue weighted by molar-refractivity contribution is -0.138. The summed E-state index contributed by atoms with van der Waals surface area (Å²) in [5, 5.41) is 21.9. The van der Waals surface area contributed by atoms with Crippen molar-refractivity contribution in [3.8, 4) is 0 Å². The van der Waals surface area contributed by atoms with Gasteiger partial charge in [0.25, 0.3) is 0 Å². The lowest BCUT2D eigenvalue weighted by Crippen LogP contribution is -2.28. The van der Waals surface area contributed by atoms with Gasteiger partial charge in [0, 0.05) is 24.2 Å². The van der Waals surface area contributed by atoms with E-state index < -0.39 is 11.6 Å². The number of anilines is 1. The van der Waals surface area contributed by atoms with E-state index in [0.29, 0.717) is 6.54 Å². The second kappa shape index (κ2) is 3.55. The Labute approximate surface area is 87.6 Å². The Hall–Kier alpha value is -1.55. The zero-order valence-electron chi connectivity index (χ0n) is 8.23. The van der Waals surface area contributed by atoms with Crippen LogP contribution in [0.3, 0.4) is 0 Å². The van der Waals surface area contributed by atoms with Crippen LogP contribution in [0.25, 0.3) is 0 Å². The summed E-state index contributed by atoms with van der Waals surface area (Å²) in [5.41, 5.74) is 0.659. The molecule has 0 saturated carbocycles. The molecule has 1 aliphatic heterocycles. The van der Waals surface area contributed by atoms with Gasteiger partial charge in [-0.1, -0.05) is 18.2 Å². The summed E-state index contributed by atoms with van der Waals surface area (Å²) < 4.78 is 0. The van der Waals surface area contributed by atoms with Crippen molar-refractivity contribution in [2.45, 2.75) is 18.4 Å². The molecule has 0 amide bonds. The number of nitrogens with one attached hydrogen (secondary N) is 1. The molecule has 1 aromatic carbocycles. The standard InChI is InChI=1S/C11H13NO3/c13-10(14)5-6-11(15)7-12-9-4-2-1-3-8(9)11/h1-4,12,15H,5-7H2,(H,13,14). The monoisotopic (exact) mass is 207 g/mol. The van der Waals surface area contributed by atoms with Crippen molar-refractivity contribution >= 4 is 11.7 Å². The van der Waals surface area contributed by atoms with Crippen molar-refractivity contribution in [3.63, 3.8) is 0 Å². The van der Waals surface area contributed by atoms with E-state index in [4.69, 9.17) is 5.11 Å². The highest BCUT2D eigenvalue weighted by molar-refractivity contribution is 5.67. The molecule has 1 heterocycles. The zero-order valence-corrected chi connectivity index (χ0v) is 8.23. The molecule has 15 heavy (non-hydrogen) atoms. The summed E-state index contributed by atoms with van der Waals surface area (Å²) in [4.78, 5) is 10.5. The minimum Gasteiger partial charge on any atom is -0.481 e. The number of para-hydroxylation sites is 1. The quantitative estimate of drug-likeness (QED) is 0.695. The summed E-state index contributed by atoms with van der Waals surface area (Å²) in [6, 6.07) is 7.44. The second-order valence-corrected chi connectivity index (χ2v) is 3.82. The smallest absolute Gasteiger partial charge is 0.303 e. The number of carbonyl (C=O) groups is 1. The van der Waals surface area contributed by atoms with E-state index >= 15 is 0 Å². The Morgan fingerprint density at radius 3 is 2.93 bits per heavy atom. The molecule has 0 bridgehead atoms. The van der Waals surface area contributed by atoms with Gasteiger partial charge < -0.3 is 15.5 Å². The molecule has 0 aromatic heterocycles. The summed E-state index contributed by atoms with van der Waals surface area (Å²) >= 11 is 0. The van der Waals surface area contributed by atoms with Crippen LogP contribution < -0.4 is 5.32 Å². The Bertz CT molecular complexity index is 391. The minimum absolute atomic E-state index is 0.0213. The molecule has 80 valence electrons. The molecule has 0 radical (unpaired) electrons. The number of rotatable bonds is 3. The lowest BCUT2D eigenvalue weighted by atomic mass is 9.91. The van der Waals surface area contributed by atoms with Crippen molar-refractivity contribution in [1.82, 2.24) is 0 Å². The van der Waals surface area contributed by atoms with Gasteiger partial charge in [-0.25, -0.2) is 0 Å². The zero-order chi connectivity index (χ0) is 10.9. The second-order valence-electron chi connectivity index (χ2n) is 3.82. The van der Waals surface area contributed by atoms with E-state index in [1.54, 1.807) is 0 Å². The Morgan fingerprint density at radius 1 is 1.47 bits per heavy atom. The fourth-order valence-electron chi connectivity index (χ4n) is 1.92. The van der Waals surface area contributed by atoms with Crippen LogP contribution in [0, 0.1) is 0 Å². The predicted molar refractivity (Wildman–Crippen MR) is 55.7 cm³/mol. The number of β-amino-alcohol motifs (C(OH)–C–C–N with tert-alkyl or cyclic N) is 1. The minimum atomic E-state index is -1.03. The molecule has 0 saturated heterocycles. The van der Waals surface area contributed by atoms with Gasteiger partial charge in [-0.2, -0.15) is 0 Å². The predicted octanol–water partition coefficient (Wildman–Crippen LogP) is 1.16. The highest BCUT2D eigenvalue weighted by Crippen LogP contribution is 2.37. The molecule has 4 heteroatoms. The maximum Gasteiger partial charge on any atom is 0.303 e. The first-order valence-electron chi connectivity index (χ1n) is 4.89. The third-order valence-corrected chi connectivity index (χ3v) is 2.75. The molecule has 4 nitrogen and oxygen atoms in total. The van der Waals surface area contributed by atoms with E-state index in [9.17, 15) is 9.90 Å². The number of carboxylic acid groups (broad SMARTS) is 1. The fraction of sp³-hybridized carbons (Fsp3) is 0.364. The molecule has 3 N–H and O–H groups in total. The molecule has 0 spiro atoms. The first-order valence-corrected chi connectivity index (χ1v) is 4.89. The van der Waals surface area contributed by atoms with Gasteiger partial charge in [-0.15, -0.1) is 0 Å². The van der Waals surface area contributed by atoms with E-state index in [1.165, 1.54) is 0 Å². The SMILES string of the molecule is O=C(O)CCC1(O)CNc2ccccc21. The average molecular weight is 207 g/mol. The third kappa shape index (κ3) is 1.80. The van der Waals surface area contributed by atoms with Gasteiger partial charge in [-0.3, -0.25) is 4.79 Å². The van der Waals surface area contributed by atoms with E-state index in [0.717, 1.165) is 11.3 Å². The molecule has 0 aliphatic carbocycles. The molecule has 1 unspecified atom stereocenters. The van der Waals surface area contributed by atoms with Crippen LogP contribution in [-0.4, -0.2) is 22.7 Å². The highest BCUT2D eigenvalue weighted by atomic mass is 16.4. The van der Waals surface area contributed by atoms with E-state index in [1.807, 2.05) is 24.3 Å². The number of benzene rings is 1. The van der Waals surface area contributed by atoms with Crippen molar-refractivity contribution in [1.29, 1.82) is 0 Å².